The van der Waals surface area contributed by atoms with Crippen LogP contribution < -0.4 is 21.3 Å². The summed E-state index contributed by atoms with van der Waals surface area (Å²) in [5.41, 5.74) is 0.885. The molecule has 0 bridgehead atoms. The summed E-state index contributed by atoms with van der Waals surface area (Å²) in [7, 11) is 0. The van der Waals surface area contributed by atoms with Crippen LogP contribution in [0.25, 0.3) is 0 Å². The molecule has 0 spiro atoms. The summed E-state index contributed by atoms with van der Waals surface area (Å²) in [6, 6.07) is 5.92. The molecule has 0 saturated carbocycles. The van der Waals surface area contributed by atoms with Gasteiger partial charge in [-0.05, 0) is 30.7 Å². The number of carbonyl (C=O) groups is 2. The maximum Gasteiger partial charge on any atom is 0.200 e. The van der Waals surface area contributed by atoms with Crippen molar-refractivity contribution in [3.63, 3.8) is 0 Å². The number of ether oxygens (including phenoxy) is 1. The van der Waals surface area contributed by atoms with E-state index in [4.69, 9.17) is 9.84 Å². The van der Waals surface area contributed by atoms with E-state index >= 15 is 0 Å². The Morgan fingerprint density at radius 1 is 0.521 bits per heavy atom. The van der Waals surface area contributed by atoms with Gasteiger partial charge in [-0.15, -0.1) is 0 Å². The minimum atomic E-state index is -0.531. The van der Waals surface area contributed by atoms with Crippen molar-refractivity contribution in [2.75, 3.05) is 69.7 Å². The minimum absolute atomic E-state index is 0.0176. The average Bonchev–Trinajstić information content (AvgIpc) is 3.08. The molecule has 2 aromatic carbocycles. The standard InChI is InChI=1S/C38H60N4O6/c1-2-3-4-5-6-7-8-9-10-11-12-13-14-15-27-48-28-25-40-21-23-42-30-17-16-29(41-22-20-39-24-26-43)33-34(30)38(47)36-32(45)19-18-31(44)35(36)37(33)46/h16-19,39-45H,2-15,20-28H2,1H3. The quantitative estimate of drug-likeness (QED) is 0.0344. The normalized spacial score (nSPS) is 12.3. The SMILES string of the molecule is CCCCCCCCCCCCCCCCOCCNCCNc1ccc(NCCNCCO)c2c1C(=O)c1c(O)ccc(O)c1C2=O. The number of hydrogen-bond acceptors (Lipinski definition) is 10. The van der Waals surface area contributed by atoms with Crippen molar-refractivity contribution >= 4 is 22.9 Å². The van der Waals surface area contributed by atoms with Gasteiger partial charge in [-0.2, -0.15) is 0 Å². The van der Waals surface area contributed by atoms with Gasteiger partial charge in [0.05, 0.1) is 35.5 Å². The summed E-state index contributed by atoms with van der Waals surface area (Å²) in [5.74, 6) is -1.75. The van der Waals surface area contributed by atoms with Gasteiger partial charge in [0.15, 0.2) is 0 Å². The third-order valence-electron chi connectivity index (χ3n) is 8.86. The molecule has 268 valence electrons. The molecule has 0 aromatic heterocycles. The highest BCUT2D eigenvalue weighted by Gasteiger charge is 2.37. The molecule has 1 aliphatic carbocycles. The van der Waals surface area contributed by atoms with E-state index in [9.17, 15) is 19.8 Å². The number of anilines is 2. The van der Waals surface area contributed by atoms with Gasteiger partial charge in [-0.1, -0.05) is 90.4 Å². The maximum atomic E-state index is 13.7. The lowest BCUT2D eigenvalue weighted by atomic mass is 9.81. The number of aliphatic hydroxyl groups excluding tert-OH is 1. The number of carbonyl (C=O) groups excluding carboxylic acids is 2. The number of phenolic OH excluding ortho intramolecular Hbond substituents is 2. The van der Waals surface area contributed by atoms with E-state index in [0.29, 0.717) is 57.3 Å². The first-order chi connectivity index (χ1) is 23.5. The fourth-order valence-corrected chi connectivity index (χ4v) is 6.20. The van der Waals surface area contributed by atoms with E-state index in [-0.39, 0.29) is 40.4 Å². The summed E-state index contributed by atoms with van der Waals surface area (Å²) in [6.45, 7) is 6.97. The van der Waals surface area contributed by atoms with Crippen molar-refractivity contribution in [3.05, 3.63) is 46.5 Å². The van der Waals surface area contributed by atoms with Gasteiger partial charge in [0.1, 0.15) is 11.5 Å². The number of unbranched alkanes of at least 4 members (excludes halogenated alkanes) is 13. The predicted molar refractivity (Wildman–Crippen MR) is 194 cm³/mol. The van der Waals surface area contributed by atoms with Crippen molar-refractivity contribution in [2.24, 2.45) is 0 Å². The molecule has 0 fully saturated rings. The fourth-order valence-electron chi connectivity index (χ4n) is 6.20. The second kappa shape index (κ2) is 23.2. The highest BCUT2D eigenvalue weighted by molar-refractivity contribution is 6.33. The molecule has 3 rings (SSSR count). The Bertz CT molecular complexity index is 1250. The molecule has 0 amide bonds. The van der Waals surface area contributed by atoms with Crippen molar-refractivity contribution < 1.29 is 29.6 Å². The molecule has 10 nitrogen and oxygen atoms in total. The molecule has 0 saturated heterocycles. The highest BCUT2D eigenvalue weighted by atomic mass is 16.5. The average molecular weight is 669 g/mol. The van der Waals surface area contributed by atoms with Crippen LogP contribution in [0.4, 0.5) is 11.4 Å². The van der Waals surface area contributed by atoms with Gasteiger partial charge in [0.2, 0.25) is 11.6 Å². The van der Waals surface area contributed by atoms with Crippen LogP contribution in [-0.2, 0) is 4.74 Å². The zero-order chi connectivity index (χ0) is 34.4. The van der Waals surface area contributed by atoms with Gasteiger partial charge in [-0.25, -0.2) is 0 Å². The molecule has 0 radical (unpaired) electrons. The molecular formula is C38H60N4O6. The van der Waals surface area contributed by atoms with Crippen LogP contribution in [0.3, 0.4) is 0 Å². The van der Waals surface area contributed by atoms with Crippen LogP contribution in [0.15, 0.2) is 24.3 Å². The lowest BCUT2D eigenvalue weighted by Crippen LogP contribution is -2.29. The Morgan fingerprint density at radius 3 is 1.42 bits per heavy atom. The zero-order valence-electron chi connectivity index (χ0n) is 29.1. The van der Waals surface area contributed by atoms with Crippen molar-refractivity contribution in [2.45, 2.75) is 96.8 Å². The number of fused-ring (bicyclic) bond motifs is 2. The van der Waals surface area contributed by atoms with Gasteiger partial charge in [0.25, 0.3) is 0 Å². The number of nitrogens with one attached hydrogen (secondary N) is 4. The molecule has 48 heavy (non-hydrogen) atoms. The van der Waals surface area contributed by atoms with Gasteiger partial charge in [-0.3, -0.25) is 9.59 Å². The summed E-state index contributed by atoms with van der Waals surface area (Å²) >= 11 is 0. The number of rotatable bonds is 28. The summed E-state index contributed by atoms with van der Waals surface area (Å²) in [5, 5.41) is 42.8. The molecule has 0 atom stereocenters. The molecule has 2 aromatic rings. The fraction of sp³-hybridized carbons (Fsp3) is 0.632. The van der Waals surface area contributed by atoms with Gasteiger partial charge in [0, 0.05) is 57.3 Å². The minimum Gasteiger partial charge on any atom is -0.507 e. The van der Waals surface area contributed by atoms with Crippen molar-refractivity contribution in [1.29, 1.82) is 0 Å². The Morgan fingerprint density at radius 2 is 0.958 bits per heavy atom. The smallest absolute Gasteiger partial charge is 0.200 e. The molecule has 7 N–H and O–H groups in total. The Kier molecular flexibility index (Phi) is 19.0. The summed E-state index contributed by atoms with van der Waals surface area (Å²) in [6.07, 6.45) is 18.8. The molecule has 0 heterocycles. The predicted octanol–water partition coefficient (Wildman–Crippen LogP) is 6.37. The van der Waals surface area contributed by atoms with Crippen molar-refractivity contribution in [1.82, 2.24) is 10.6 Å². The van der Waals surface area contributed by atoms with Crippen LogP contribution in [0.5, 0.6) is 11.5 Å². The van der Waals surface area contributed by atoms with E-state index < -0.39 is 11.6 Å². The molecule has 1 aliphatic rings. The monoisotopic (exact) mass is 668 g/mol. The Labute approximate surface area is 287 Å². The van der Waals surface area contributed by atoms with E-state index in [1.165, 1.54) is 95.6 Å². The number of aromatic hydroxyl groups is 2. The third-order valence-corrected chi connectivity index (χ3v) is 8.86. The molecule has 0 aliphatic heterocycles. The first-order valence-corrected chi connectivity index (χ1v) is 18.4. The number of benzene rings is 2. The first-order valence-electron chi connectivity index (χ1n) is 18.4. The van der Waals surface area contributed by atoms with E-state index in [2.05, 4.69) is 28.2 Å². The Hall–Kier alpha value is -3.18. The number of ketones is 2. The zero-order valence-corrected chi connectivity index (χ0v) is 29.1. The van der Waals surface area contributed by atoms with Gasteiger partial charge >= 0.3 is 0 Å². The van der Waals surface area contributed by atoms with Crippen LogP contribution in [0.2, 0.25) is 0 Å². The number of phenols is 2. The third kappa shape index (κ3) is 12.7. The summed E-state index contributed by atoms with van der Waals surface area (Å²) in [4.78, 5) is 27.3. The number of hydrogen-bond donors (Lipinski definition) is 7. The number of aliphatic hydroxyl groups is 1. The second-order valence-electron chi connectivity index (χ2n) is 12.7. The van der Waals surface area contributed by atoms with Crippen LogP contribution in [0.1, 0.15) is 129 Å². The molecule has 0 unspecified atom stereocenters. The van der Waals surface area contributed by atoms with Crippen molar-refractivity contribution in [3.8, 4) is 11.5 Å². The maximum absolute atomic E-state index is 13.7. The van der Waals surface area contributed by atoms with Crippen LogP contribution in [0, 0.1) is 0 Å². The van der Waals surface area contributed by atoms with E-state index in [0.717, 1.165) is 13.0 Å². The first kappa shape index (κ1) is 39.3. The van der Waals surface area contributed by atoms with Gasteiger partial charge < -0.3 is 41.3 Å². The Balaban J connectivity index is 1.34. The van der Waals surface area contributed by atoms with E-state index in [1.807, 2.05) is 0 Å². The second-order valence-corrected chi connectivity index (χ2v) is 12.7. The summed E-state index contributed by atoms with van der Waals surface area (Å²) < 4.78 is 5.79. The highest BCUT2D eigenvalue weighted by Crippen LogP contribution is 2.42. The molecular weight excluding hydrogens is 608 g/mol. The lowest BCUT2D eigenvalue weighted by molar-refractivity contribution is 0.0975. The topological polar surface area (TPSA) is 152 Å². The van der Waals surface area contributed by atoms with Crippen LogP contribution >= 0.6 is 0 Å². The lowest BCUT2D eigenvalue weighted by Gasteiger charge is -2.25. The van der Waals surface area contributed by atoms with E-state index in [1.54, 1.807) is 12.1 Å². The van der Waals surface area contributed by atoms with Crippen LogP contribution in [-0.4, -0.2) is 86.0 Å². The molecule has 10 heteroatoms. The largest absolute Gasteiger partial charge is 0.507 e.